The number of Topliss-reactive ketones (excluding diaryl/α,β-unsaturated/α-hetero) is 1. The van der Waals surface area contributed by atoms with Crippen LogP contribution in [-0.4, -0.2) is 46.4 Å². The van der Waals surface area contributed by atoms with Gasteiger partial charge in [-0.2, -0.15) is 0 Å². The Hall–Kier alpha value is -3.59. The molecule has 0 fully saturated rings. The molecule has 9 heteroatoms. The summed E-state index contributed by atoms with van der Waals surface area (Å²) in [7, 11) is 3.15. The molecule has 0 saturated carbocycles. The third-order valence-corrected chi connectivity index (χ3v) is 5.58. The van der Waals surface area contributed by atoms with E-state index >= 15 is 0 Å². The van der Waals surface area contributed by atoms with Gasteiger partial charge in [0, 0.05) is 17.7 Å². The summed E-state index contributed by atoms with van der Waals surface area (Å²) < 4.78 is 12.1. The molecule has 0 atom stereocenters. The molecule has 0 saturated heterocycles. The quantitative estimate of drug-likeness (QED) is 0.271. The number of carbonyl (C=O) groups excluding carboxylic acids is 2. The number of hydrogen-bond donors (Lipinski definition) is 1. The summed E-state index contributed by atoms with van der Waals surface area (Å²) >= 11 is 1.29. The lowest BCUT2D eigenvalue weighted by molar-refractivity contribution is 0.0948. The molecule has 1 amide bonds. The number of ether oxygens (including phenoxy) is 2. The summed E-state index contributed by atoms with van der Waals surface area (Å²) in [5.74, 6) is 1.90. The molecule has 1 aromatic heterocycles. The maximum absolute atomic E-state index is 12.5. The van der Waals surface area contributed by atoms with E-state index in [2.05, 4.69) is 22.1 Å². The average Bonchev–Trinajstić information content (AvgIpc) is 3.22. The molecule has 3 rings (SSSR count). The molecule has 2 aromatic carbocycles. The number of rotatable bonds is 11. The van der Waals surface area contributed by atoms with Crippen LogP contribution in [0.5, 0.6) is 11.5 Å². The predicted molar refractivity (Wildman–Crippen MR) is 122 cm³/mol. The minimum absolute atomic E-state index is 0.0276. The lowest BCUT2D eigenvalue weighted by atomic mass is 10.1. The highest BCUT2D eigenvalue weighted by atomic mass is 32.2. The third kappa shape index (κ3) is 5.76. The van der Waals surface area contributed by atoms with Crippen LogP contribution in [-0.2, 0) is 13.1 Å². The first-order valence-corrected chi connectivity index (χ1v) is 10.8. The zero-order valence-corrected chi connectivity index (χ0v) is 18.7. The maximum atomic E-state index is 12.5. The zero-order chi connectivity index (χ0) is 22.9. The van der Waals surface area contributed by atoms with Crippen LogP contribution in [0.4, 0.5) is 0 Å². The van der Waals surface area contributed by atoms with Gasteiger partial charge in [-0.3, -0.25) is 9.59 Å². The van der Waals surface area contributed by atoms with Gasteiger partial charge < -0.3 is 19.4 Å². The van der Waals surface area contributed by atoms with E-state index in [9.17, 15) is 9.59 Å². The second-order valence-electron chi connectivity index (χ2n) is 6.65. The van der Waals surface area contributed by atoms with E-state index in [0.29, 0.717) is 40.2 Å². The van der Waals surface area contributed by atoms with E-state index in [1.807, 2.05) is 4.57 Å². The van der Waals surface area contributed by atoms with E-state index in [4.69, 9.17) is 9.47 Å². The van der Waals surface area contributed by atoms with Crippen LogP contribution >= 0.6 is 11.8 Å². The van der Waals surface area contributed by atoms with Gasteiger partial charge in [0.25, 0.3) is 5.91 Å². The zero-order valence-electron chi connectivity index (χ0n) is 17.9. The van der Waals surface area contributed by atoms with Crippen molar-refractivity contribution in [2.45, 2.75) is 18.2 Å². The van der Waals surface area contributed by atoms with E-state index in [1.165, 1.54) is 11.8 Å². The first kappa shape index (κ1) is 23.1. The molecule has 0 aliphatic rings. The highest BCUT2D eigenvalue weighted by Crippen LogP contribution is 2.20. The number of aromatic nitrogens is 3. The van der Waals surface area contributed by atoms with Gasteiger partial charge in [-0.05, 0) is 48.5 Å². The highest BCUT2D eigenvalue weighted by Gasteiger charge is 2.15. The van der Waals surface area contributed by atoms with E-state index in [1.54, 1.807) is 68.8 Å². The monoisotopic (exact) mass is 452 g/mol. The van der Waals surface area contributed by atoms with Gasteiger partial charge in [0.05, 0.1) is 26.5 Å². The number of thioether (sulfide) groups is 1. The number of methoxy groups -OCH3 is 2. The fraction of sp³-hybridized carbons (Fsp3) is 0.217. The molecule has 0 radical (unpaired) electrons. The maximum Gasteiger partial charge on any atom is 0.251 e. The van der Waals surface area contributed by atoms with E-state index in [-0.39, 0.29) is 24.0 Å². The summed E-state index contributed by atoms with van der Waals surface area (Å²) in [5.41, 5.74) is 1.11. The second kappa shape index (κ2) is 11.1. The van der Waals surface area contributed by atoms with Crippen molar-refractivity contribution in [2.75, 3.05) is 20.0 Å². The molecule has 3 aromatic rings. The average molecular weight is 453 g/mol. The van der Waals surface area contributed by atoms with Crippen LogP contribution in [0.2, 0.25) is 0 Å². The summed E-state index contributed by atoms with van der Waals surface area (Å²) in [6.07, 6.45) is 1.72. The van der Waals surface area contributed by atoms with Crippen molar-refractivity contribution < 1.29 is 19.1 Å². The third-order valence-electron chi connectivity index (χ3n) is 4.61. The molecule has 0 aliphatic carbocycles. The number of nitrogens with one attached hydrogen (secondary N) is 1. The smallest absolute Gasteiger partial charge is 0.251 e. The Labute approximate surface area is 190 Å². The second-order valence-corrected chi connectivity index (χ2v) is 7.59. The molecule has 1 heterocycles. The Morgan fingerprint density at radius 2 is 1.59 bits per heavy atom. The molecule has 1 N–H and O–H groups in total. The standard InChI is InChI=1S/C23H24N4O4S/c1-4-13-27-21(14-24-22(29)17-7-11-19(31-3)12-8-17)25-26-23(27)32-15-20(28)16-5-9-18(30-2)10-6-16/h4-12H,1,13-15H2,2-3H3,(H,24,29). The van der Waals surface area contributed by atoms with E-state index < -0.39 is 0 Å². The molecule has 0 aliphatic heterocycles. The van der Waals surface area contributed by atoms with E-state index in [0.717, 1.165) is 0 Å². The molecule has 8 nitrogen and oxygen atoms in total. The molecule has 0 spiro atoms. The minimum atomic E-state index is -0.232. The topological polar surface area (TPSA) is 95.3 Å². The minimum Gasteiger partial charge on any atom is -0.497 e. The number of amides is 1. The Balaban J connectivity index is 1.62. The van der Waals surface area contributed by atoms with Crippen molar-refractivity contribution in [3.05, 3.63) is 78.1 Å². The Bertz CT molecular complexity index is 997. The Morgan fingerprint density at radius 1 is 1.00 bits per heavy atom. The Morgan fingerprint density at radius 3 is 2.16 bits per heavy atom. The van der Waals surface area contributed by atoms with Crippen molar-refractivity contribution in [1.82, 2.24) is 20.1 Å². The highest BCUT2D eigenvalue weighted by molar-refractivity contribution is 7.99. The summed E-state index contributed by atoms with van der Waals surface area (Å²) in [6.45, 7) is 4.42. The van der Waals surface area contributed by atoms with Crippen LogP contribution in [0.1, 0.15) is 26.5 Å². The SMILES string of the molecule is C=CCn1c(CNC(=O)c2ccc(OC)cc2)nnc1SCC(=O)c1ccc(OC)cc1. The van der Waals surface area contributed by atoms with Crippen molar-refractivity contribution in [3.63, 3.8) is 0 Å². The predicted octanol–water partition coefficient (Wildman–Crippen LogP) is 3.39. The molecule has 0 unspecified atom stereocenters. The van der Waals surface area contributed by atoms with Crippen molar-refractivity contribution in [3.8, 4) is 11.5 Å². The number of ketones is 1. The Kier molecular flexibility index (Phi) is 8.04. The molecule has 0 bridgehead atoms. The lowest BCUT2D eigenvalue weighted by Crippen LogP contribution is -2.24. The number of nitrogens with zero attached hydrogens (tertiary/aromatic N) is 3. The van der Waals surface area contributed by atoms with Crippen LogP contribution in [0.3, 0.4) is 0 Å². The number of hydrogen-bond acceptors (Lipinski definition) is 7. The van der Waals surface area contributed by atoms with Crippen molar-refractivity contribution in [2.24, 2.45) is 0 Å². The fourth-order valence-corrected chi connectivity index (χ4v) is 3.72. The molecule has 32 heavy (non-hydrogen) atoms. The van der Waals surface area contributed by atoms with Crippen molar-refractivity contribution >= 4 is 23.5 Å². The van der Waals surface area contributed by atoms with Gasteiger partial charge in [-0.1, -0.05) is 17.8 Å². The summed E-state index contributed by atoms with van der Waals surface area (Å²) in [4.78, 5) is 24.9. The first-order chi connectivity index (χ1) is 15.5. The van der Waals surface area contributed by atoms with Crippen LogP contribution in [0.15, 0.2) is 66.3 Å². The van der Waals surface area contributed by atoms with Gasteiger partial charge in [-0.15, -0.1) is 16.8 Å². The number of benzene rings is 2. The molecular weight excluding hydrogens is 428 g/mol. The number of allylic oxidation sites excluding steroid dienone is 1. The molecular formula is C23H24N4O4S. The van der Waals surface area contributed by atoms with Gasteiger partial charge in [-0.25, -0.2) is 0 Å². The fourth-order valence-electron chi connectivity index (χ4n) is 2.86. The van der Waals surface area contributed by atoms with Gasteiger partial charge >= 0.3 is 0 Å². The van der Waals surface area contributed by atoms with Crippen LogP contribution < -0.4 is 14.8 Å². The van der Waals surface area contributed by atoms with Crippen LogP contribution in [0.25, 0.3) is 0 Å². The first-order valence-electron chi connectivity index (χ1n) is 9.81. The van der Waals surface area contributed by atoms with Gasteiger partial charge in [0.1, 0.15) is 11.5 Å². The number of carbonyl (C=O) groups is 2. The van der Waals surface area contributed by atoms with Crippen LogP contribution in [0, 0.1) is 0 Å². The van der Waals surface area contributed by atoms with Gasteiger partial charge in [0.15, 0.2) is 16.8 Å². The largest absolute Gasteiger partial charge is 0.497 e. The summed E-state index contributed by atoms with van der Waals surface area (Å²) in [6, 6.07) is 13.8. The lowest BCUT2D eigenvalue weighted by Gasteiger charge is -2.09. The van der Waals surface area contributed by atoms with Gasteiger partial charge in [0.2, 0.25) is 0 Å². The van der Waals surface area contributed by atoms with Crippen molar-refractivity contribution in [1.29, 1.82) is 0 Å². The summed E-state index contributed by atoms with van der Waals surface area (Å²) in [5, 5.41) is 11.8. The molecule has 166 valence electrons. The normalized spacial score (nSPS) is 10.4.